The third-order valence-corrected chi connectivity index (χ3v) is 1.56. The van der Waals surface area contributed by atoms with Crippen molar-refractivity contribution in [3.05, 3.63) is 20.9 Å². The highest BCUT2D eigenvalue weighted by molar-refractivity contribution is 6.29. The smallest absolute Gasteiger partial charge is 0.417 e. The van der Waals surface area contributed by atoms with E-state index in [1.807, 2.05) is 0 Å². The highest BCUT2D eigenvalue weighted by Gasteiger charge is 2.16. The third kappa shape index (κ3) is 8.84. The molecule has 0 aromatic heterocycles. The average molecular weight is 256 g/mol. The van der Waals surface area contributed by atoms with Gasteiger partial charge in [-0.05, 0) is 23.9 Å². The Labute approximate surface area is 102 Å². The minimum Gasteiger partial charge on any atom is -0.457 e. The van der Waals surface area contributed by atoms with Crippen LogP contribution in [0.1, 0.15) is 12.8 Å². The molecule has 10 heteroatoms. The van der Waals surface area contributed by atoms with Gasteiger partial charge in [0.25, 0.3) is 0 Å². The lowest BCUT2D eigenvalue weighted by atomic mass is 10.4. The number of carbonyl (C=O) groups excluding carboxylic acids is 2. The van der Waals surface area contributed by atoms with Gasteiger partial charge in [-0.2, -0.15) is 0 Å². The zero-order valence-corrected chi connectivity index (χ0v) is 9.56. The van der Waals surface area contributed by atoms with Crippen LogP contribution in [0.2, 0.25) is 0 Å². The molecular formula is C8H12N6O4. The SMILES string of the molecule is [N-]=[N+]=NCCCOC(=O)C(=O)OCCCN=[N+]=[N-]. The van der Waals surface area contributed by atoms with Gasteiger partial charge in [-0.25, -0.2) is 9.59 Å². The number of nitrogens with zero attached hydrogens (tertiary/aromatic N) is 6. The van der Waals surface area contributed by atoms with Crippen molar-refractivity contribution < 1.29 is 19.1 Å². The van der Waals surface area contributed by atoms with E-state index in [9.17, 15) is 9.59 Å². The molecule has 0 rings (SSSR count). The topological polar surface area (TPSA) is 150 Å². The number of carbonyl (C=O) groups is 2. The molecular weight excluding hydrogens is 244 g/mol. The van der Waals surface area contributed by atoms with Gasteiger partial charge >= 0.3 is 11.9 Å². The molecule has 0 N–H and O–H groups in total. The van der Waals surface area contributed by atoms with Crippen LogP contribution in [0.4, 0.5) is 0 Å². The van der Waals surface area contributed by atoms with E-state index in [1.54, 1.807) is 0 Å². The maximum absolute atomic E-state index is 11.0. The third-order valence-electron chi connectivity index (χ3n) is 1.56. The standard InChI is InChI=1S/C8H12N6O4/c9-13-11-3-1-5-17-7(15)8(16)18-6-2-4-12-14-10/h1-6H2. The first-order valence-electron chi connectivity index (χ1n) is 5.08. The van der Waals surface area contributed by atoms with Gasteiger partial charge in [0, 0.05) is 22.9 Å². The molecule has 0 saturated carbocycles. The fraction of sp³-hybridized carbons (Fsp3) is 0.750. The lowest BCUT2D eigenvalue weighted by molar-refractivity contribution is -0.167. The highest BCUT2D eigenvalue weighted by Crippen LogP contribution is 1.91. The molecule has 0 aromatic carbocycles. The van der Waals surface area contributed by atoms with Crippen LogP contribution in [-0.4, -0.2) is 38.2 Å². The first kappa shape index (κ1) is 15.6. The largest absolute Gasteiger partial charge is 0.457 e. The minimum atomic E-state index is -1.10. The fourth-order valence-corrected chi connectivity index (χ4v) is 0.808. The van der Waals surface area contributed by atoms with Gasteiger partial charge in [0.05, 0.1) is 13.2 Å². The summed E-state index contributed by atoms with van der Waals surface area (Å²) in [4.78, 5) is 27.0. The Morgan fingerprint density at radius 2 is 1.28 bits per heavy atom. The Hall–Kier alpha value is -2.44. The quantitative estimate of drug-likeness (QED) is 0.161. The Kier molecular flexibility index (Phi) is 9.56. The first-order valence-corrected chi connectivity index (χ1v) is 5.08. The van der Waals surface area contributed by atoms with E-state index < -0.39 is 11.9 Å². The summed E-state index contributed by atoms with van der Waals surface area (Å²) in [6.07, 6.45) is 0.667. The molecule has 0 radical (unpaired) electrons. The van der Waals surface area contributed by atoms with Gasteiger partial charge in [0.1, 0.15) is 0 Å². The second-order valence-electron chi connectivity index (χ2n) is 2.89. The van der Waals surface area contributed by atoms with Gasteiger partial charge in [0.2, 0.25) is 0 Å². The van der Waals surface area contributed by atoms with Crippen LogP contribution in [0.25, 0.3) is 20.9 Å². The Morgan fingerprint density at radius 1 is 0.889 bits per heavy atom. The summed E-state index contributed by atoms with van der Waals surface area (Å²) in [7, 11) is 0. The number of azide groups is 2. The van der Waals surface area contributed by atoms with Gasteiger partial charge in [-0.3, -0.25) is 0 Å². The Balaban J connectivity index is 3.59. The van der Waals surface area contributed by atoms with Gasteiger partial charge in [-0.1, -0.05) is 10.2 Å². The number of hydrogen-bond acceptors (Lipinski definition) is 6. The molecule has 0 spiro atoms. The number of hydrogen-bond donors (Lipinski definition) is 0. The van der Waals surface area contributed by atoms with Crippen LogP contribution >= 0.6 is 0 Å². The van der Waals surface area contributed by atoms with Crippen molar-refractivity contribution in [3.63, 3.8) is 0 Å². The van der Waals surface area contributed by atoms with Crippen LogP contribution in [0.3, 0.4) is 0 Å². The fourth-order valence-electron chi connectivity index (χ4n) is 0.808. The van der Waals surface area contributed by atoms with Gasteiger partial charge in [0.15, 0.2) is 0 Å². The molecule has 18 heavy (non-hydrogen) atoms. The summed E-state index contributed by atoms with van der Waals surface area (Å²) in [5.74, 6) is -2.19. The summed E-state index contributed by atoms with van der Waals surface area (Å²) < 4.78 is 9.10. The van der Waals surface area contributed by atoms with Crippen molar-refractivity contribution in [3.8, 4) is 0 Å². The summed E-state index contributed by atoms with van der Waals surface area (Å²) in [5.41, 5.74) is 15.9. The Morgan fingerprint density at radius 3 is 1.61 bits per heavy atom. The van der Waals surface area contributed by atoms with Crippen molar-refractivity contribution in [1.82, 2.24) is 0 Å². The van der Waals surface area contributed by atoms with Gasteiger partial charge in [-0.15, -0.1) is 0 Å². The molecule has 0 heterocycles. The van der Waals surface area contributed by atoms with Crippen molar-refractivity contribution in [2.24, 2.45) is 10.2 Å². The predicted octanol–water partition coefficient (Wildman–Crippen LogP) is 1.47. The predicted molar refractivity (Wildman–Crippen MR) is 59.2 cm³/mol. The van der Waals surface area contributed by atoms with Crippen molar-refractivity contribution >= 4 is 11.9 Å². The van der Waals surface area contributed by atoms with Crippen molar-refractivity contribution in [2.45, 2.75) is 12.8 Å². The molecule has 98 valence electrons. The lowest BCUT2D eigenvalue weighted by Crippen LogP contribution is -2.21. The van der Waals surface area contributed by atoms with Gasteiger partial charge < -0.3 is 9.47 Å². The summed E-state index contributed by atoms with van der Waals surface area (Å²) >= 11 is 0. The second-order valence-corrected chi connectivity index (χ2v) is 2.89. The van der Waals surface area contributed by atoms with E-state index in [0.717, 1.165) is 0 Å². The van der Waals surface area contributed by atoms with E-state index in [4.69, 9.17) is 11.1 Å². The average Bonchev–Trinajstić information content (AvgIpc) is 2.37. The number of esters is 2. The number of rotatable bonds is 8. The van der Waals surface area contributed by atoms with E-state index >= 15 is 0 Å². The molecule has 0 atom stereocenters. The van der Waals surface area contributed by atoms with Crippen LogP contribution < -0.4 is 0 Å². The number of ether oxygens (including phenoxy) is 2. The molecule has 0 aromatic rings. The zero-order valence-electron chi connectivity index (χ0n) is 9.56. The van der Waals surface area contributed by atoms with Crippen molar-refractivity contribution in [1.29, 1.82) is 0 Å². The zero-order chi connectivity index (χ0) is 13.6. The minimum absolute atomic E-state index is 0.0221. The van der Waals surface area contributed by atoms with Crippen molar-refractivity contribution in [2.75, 3.05) is 26.3 Å². The lowest BCUT2D eigenvalue weighted by Gasteiger charge is -2.03. The highest BCUT2D eigenvalue weighted by atomic mass is 16.6. The molecule has 0 fully saturated rings. The molecule has 0 saturated heterocycles. The van der Waals surface area contributed by atoms with Crippen LogP contribution in [0, 0.1) is 0 Å². The molecule has 0 aliphatic heterocycles. The van der Waals surface area contributed by atoms with Crippen LogP contribution in [0.15, 0.2) is 10.2 Å². The second kappa shape index (κ2) is 11.1. The maximum Gasteiger partial charge on any atom is 0.417 e. The van der Waals surface area contributed by atoms with E-state index in [2.05, 4.69) is 29.5 Å². The molecule has 0 aliphatic carbocycles. The molecule has 10 nitrogen and oxygen atoms in total. The summed E-state index contributed by atoms with van der Waals surface area (Å²) in [6.45, 7) is 0.327. The molecule has 0 amide bonds. The monoisotopic (exact) mass is 256 g/mol. The summed E-state index contributed by atoms with van der Waals surface area (Å²) in [5, 5.41) is 6.45. The molecule has 0 bridgehead atoms. The Bertz CT molecular complexity index is 336. The maximum atomic E-state index is 11.0. The first-order chi connectivity index (χ1) is 8.72. The van der Waals surface area contributed by atoms with Crippen LogP contribution in [0.5, 0.6) is 0 Å². The van der Waals surface area contributed by atoms with E-state index in [-0.39, 0.29) is 26.3 Å². The van der Waals surface area contributed by atoms with E-state index in [0.29, 0.717) is 12.8 Å². The molecule has 0 unspecified atom stereocenters. The molecule has 0 aliphatic rings. The van der Waals surface area contributed by atoms with Crippen LogP contribution in [-0.2, 0) is 19.1 Å². The van der Waals surface area contributed by atoms with E-state index in [1.165, 1.54) is 0 Å². The normalized spacial score (nSPS) is 8.67. The summed E-state index contributed by atoms with van der Waals surface area (Å²) in [6, 6.07) is 0.